The van der Waals surface area contributed by atoms with Crippen molar-refractivity contribution in [1.29, 1.82) is 0 Å². The highest BCUT2D eigenvalue weighted by Gasteiger charge is 2.12. The van der Waals surface area contributed by atoms with Crippen molar-refractivity contribution in [1.82, 2.24) is 0 Å². The van der Waals surface area contributed by atoms with Crippen molar-refractivity contribution in [2.75, 3.05) is 7.11 Å². The molecule has 0 unspecified atom stereocenters. The molecule has 3 rings (SSSR count). The van der Waals surface area contributed by atoms with Crippen LogP contribution in [-0.4, -0.2) is 31.2 Å². The largest absolute Gasteiger partial charge is 0.507 e. The van der Waals surface area contributed by atoms with Gasteiger partial charge in [-0.25, -0.2) is 4.79 Å². The number of hydrogen-bond acceptors (Lipinski definition) is 7. The topological polar surface area (TPSA) is 126 Å². The number of nitrogens with zero attached hydrogens (tertiary/aromatic N) is 2. The second kappa shape index (κ2) is 7.75. The first-order valence-electron chi connectivity index (χ1n) is 8.06. The van der Waals surface area contributed by atoms with Crippen LogP contribution in [0, 0.1) is 0 Å². The molecule has 144 valence electrons. The van der Waals surface area contributed by atoms with Gasteiger partial charge in [-0.3, -0.25) is 4.55 Å². The van der Waals surface area contributed by atoms with Gasteiger partial charge >= 0.3 is 5.97 Å². The molecular formula is C19H16N2O6S. The van der Waals surface area contributed by atoms with E-state index in [1.807, 2.05) is 0 Å². The third-order valence-electron chi connectivity index (χ3n) is 3.90. The van der Waals surface area contributed by atoms with Crippen molar-refractivity contribution in [3.63, 3.8) is 0 Å². The summed E-state index contributed by atoms with van der Waals surface area (Å²) in [7, 11) is -2.88. The second-order valence-corrected chi connectivity index (χ2v) is 7.44. The molecular weight excluding hydrogens is 384 g/mol. The lowest BCUT2D eigenvalue weighted by Gasteiger charge is -2.04. The molecule has 0 aliphatic carbocycles. The van der Waals surface area contributed by atoms with Crippen LogP contribution in [0.5, 0.6) is 5.75 Å². The highest BCUT2D eigenvalue weighted by Crippen LogP contribution is 2.27. The number of phenolic OH excluding ortho intramolecular Hbond substituents is 1. The van der Waals surface area contributed by atoms with Crippen molar-refractivity contribution >= 4 is 38.2 Å². The molecule has 0 aromatic heterocycles. The molecule has 0 bridgehead atoms. The van der Waals surface area contributed by atoms with E-state index in [1.165, 1.54) is 25.3 Å². The number of rotatable bonds is 5. The molecule has 3 aromatic rings. The summed E-state index contributed by atoms with van der Waals surface area (Å²) in [5.74, 6) is -1.34. The minimum Gasteiger partial charge on any atom is -0.507 e. The summed E-state index contributed by atoms with van der Waals surface area (Å²) in [6.07, 6.45) is 0. The van der Waals surface area contributed by atoms with Gasteiger partial charge in [0.25, 0.3) is 10.1 Å². The number of hydrogen-bond donors (Lipinski definition) is 2. The maximum absolute atomic E-state index is 11.6. The van der Waals surface area contributed by atoms with E-state index in [0.29, 0.717) is 16.9 Å². The molecule has 3 aromatic carbocycles. The Morgan fingerprint density at radius 1 is 0.964 bits per heavy atom. The smallest absolute Gasteiger partial charge is 0.341 e. The van der Waals surface area contributed by atoms with Gasteiger partial charge in [-0.15, -0.1) is 0 Å². The Morgan fingerprint density at radius 3 is 2.25 bits per heavy atom. The van der Waals surface area contributed by atoms with Crippen LogP contribution >= 0.6 is 0 Å². The molecule has 8 nitrogen and oxygen atoms in total. The number of aromatic hydroxyl groups is 1. The Kier molecular flexibility index (Phi) is 5.39. The molecule has 0 heterocycles. The lowest BCUT2D eigenvalue weighted by molar-refractivity contribution is 0.0597. The monoisotopic (exact) mass is 400 g/mol. The van der Waals surface area contributed by atoms with E-state index in [9.17, 15) is 18.3 Å². The average Bonchev–Trinajstić information content (AvgIpc) is 2.65. The normalized spacial score (nSPS) is 11.8. The highest BCUT2D eigenvalue weighted by atomic mass is 32.2. The zero-order valence-electron chi connectivity index (χ0n) is 14.7. The van der Waals surface area contributed by atoms with Crippen molar-refractivity contribution in [2.24, 2.45) is 10.2 Å². The zero-order valence-corrected chi connectivity index (χ0v) is 15.5. The molecule has 28 heavy (non-hydrogen) atoms. The lowest BCUT2D eigenvalue weighted by atomic mass is 10.1. The number of benzene rings is 3. The van der Waals surface area contributed by atoms with E-state index >= 15 is 0 Å². The quantitative estimate of drug-likeness (QED) is 0.377. The third kappa shape index (κ3) is 4.70. The summed E-state index contributed by atoms with van der Waals surface area (Å²) >= 11 is 0. The summed E-state index contributed by atoms with van der Waals surface area (Å²) < 4.78 is 35.6. The predicted molar refractivity (Wildman–Crippen MR) is 103 cm³/mol. The van der Waals surface area contributed by atoms with Crippen LogP contribution in [0.1, 0.15) is 15.9 Å². The molecule has 0 spiro atoms. The first kappa shape index (κ1) is 19.5. The number of carbonyl (C=O) groups is 1. The van der Waals surface area contributed by atoms with Gasteiger partial charge in [-0.1, -0.05) is 24.3 Å². The lowest BCUT2D eigenvalue weighted by Crippen LogP contribution is -2.01. The van der Waals surface area contributed by atoms with Crippen molar-refractivity contribution in [3.05, 3.63) is 65.7 Å². The van der Waals surface area contributed by atoms with E-state index in [4.69, 9.17) is 4.55 Å². The number of carbonyl (C=O) groups excluding carboxylic acids is 1. The molecule has 0 amide bonds. The molecule has 0 aliphatic rings. The summed E-state index contributed by atoms with van der Waals surface area (Å²) in [4.78, 5) is 11.6. The molecule has 0 aliphatic heterocycles. The number of ether oxygens (including phenoxy) is 1. The van der Waals surface area contributed by atoms with E-state index in [2.05, 4.69) is 15.0 Å². The van der Waals surface area contributed by atoms with Gasteiger partial charge in [0.05, 0.1) is 18.5 Å². The molecule has 2 N–H and O–H groups in total. The Balaban J connectivity index is 1.86. The molecule has 9 heteroatoms. The van der Waals surface area contributed by atoms with Crippen molar-refractivity contribution < 1.29 is 27.6 Å². The summed E-state index contributed by atoms with van der Waals surface area (Å²) in [5, 5.41) is 19.5. The Hall–Kier alpha value is -3.30. The maximum atomic E-state index is 11.6. The Morgan fingerprint density at radius 2 is 1.57 bits per heavy atom. The van der Waals surface area contributed by atoms with Gasteiger partial charge in [0.2, 0.25) is 0 Å². The Labute approximate surface area is 160 Å². The summed E-state index contributed by atoms with van der Waals surface area (Å²) in [5.41, 5.74) is 1.37. The fourth-order valence-electron chi connectivity index (χ4n) is 2.62. The van der Waals surface area contributed by atoms with E-state index < -0.39 is 21.8 Å². The molecule has 0 saturated heterocycles. The summed E-state index contributed by atoms with van der Waals surface area (Å²) in [6, 6.07) is 14.4. The van der Waals surface area contributed by atoms with Gasteiger partial charge in [-0.2, -0.15) is 18.6 Å². The van der Waals surface area contributed by atoms with Crippen LogP contribution in [0.25, 0.3) is 10.8 Å². The Bertz CT molecular complexity index is 1190. The first-order valence-corrected chi connectivity index (χ1v) is 9.67. The zero-order chi connectivity index (χ0) is 20.3. The fraction of sp³-hybridized carbons (Fsp3) is 0.105. The van der Waals surface area contributed by atoms with E-state index in [0.717, 1.165) is 10.8 Å². The molecule has 0 fully saturated rings. The van der Waals surface area contributed by atoms with Gasteiger partial charge < -0.3 is 9.84 Å². The number of azo groups is 1. The standard InChI is InChI=1S/C19H16N2O6S/c1-27-19(23)17-10-16(6-7-18(17)22)21-20-15-5-4-13-8-12(11-28(24,25)26)2-3-14(13)9-15/h2-10,22H,11H2,1H3,(H,24,25,26). The first-order chi connectivity index (χ1) is 13.2. The minimum atomic E-state index is -4.09. The van der Waals surface area contributed by atoms with Crippen LogP contribution in [0.3, 0.4) is 0 Å². The maximum Gasteiger partial charge on any atom is 0.341 e. The van der Waals surface area contributed by atoms with Crippen LogP contribution in [-0.2, 0) is 20.6 Å². The predicted octanol–water partition coefficient (Wildman–Crippen LogP) is 4.14. The van der Waals surface area contributed by atoms with Crippen LogP contribution < -0.4 is 0 Å². The molecule has 0 atom stereocenters. The van der Waals surface area contributed by atoms with Gasteiger partial charge in [0, 0.05) is 0 Å². The number of fused-ring (bicyclic) bond motifs is 1. The number of methoxy groups -OCH3 is 1. The number of phenols is 1. The average molecular weight is 400 g/mol. The highest BCUT2D eigenvalue weighted by molar-refractivity contribution is 7.85. The van der Waals surface area contributed by atoms with Crippen LogP contribution in [0.2, 0.25) is 0 Å². The SMILES string of the molecule is COC(=O)c1cc(N=Nc2ccc3cc(CS(=O)(=O)O)ccc3c2)ccc1O. The van der Waals surface area contributed by atoms with Crippen LogP contribution in [0.4, 0.5) is 11.4 Å². The van der Waals surface area contributed by atoms with Crippen molar-refractivity contribution in [3.8, 4) is 5.75 Å². The van der Waals surface area contributed by atoms with Gasteiger partial charge in [-0.05, 0) is 46.7 Å². The van der Waals surface area contributed by atoms with Crippen molar-refractivity contribution in [2.45, 2.75) is 5.75 Å². The molecule has 0 saturated carbocycles. The second-order valence-electron chi connectivity index (χ2n) is 5.99. The van der Waals surface area contributed by atoms with E-state index in [-0.39, 0.29) is 11.3 Å². The van der Waals surface area contributed by atoms with Gasteiger partial charge in [0.15, 0.2) is 0 Å². The third-order valence-corrected chi connectivity index (χ3v) is 4.60. The van der Waals surface area contributed by atoms with Crippen LogP contribution in [0.15, 0.2) is 64.8 Å². The fourth-order valence-corrected chi connectivity index (χ4v) is 3.22. The number of esters is 1. The molecule has 0 radical (unpaired) electrons. The van der Waals surface area contributed by atoms with Gasteiger partial charge in [0.1, 0.15) is 17.1 Å². The summed E-state index contributed by atoms with van der Waals surface area (Å²) in [6.45, 7) is 0. The van der Waals surface area contributed by atoms with E-state index in [1.54, 1.807) is 36.4 Å². The minimum absolute atomic E-state index is 0.0103.